The molecule has 20 heavy (non-hydrogen) atoms. The van der Waals surface area contributed by atoms with Crippen LogP contribution in [-0.4, -0.2) is 47.8 Å². The number of aryl methyl sites for hydroxylation is 1. The SMILES string of the molecule is CCC(=O)N1CCCN(C(=O)c2cc(N)c(C)s2)CC1. The lowest BCUT2D eigenvalue weighted by Gasteiger charge is -2.21. The zero-order valence-corrected chi connectivity index (χ0v) is 12.8. The van der Waals surface area contributed by atoms with Gasteiger partial charge in [-0.3, -0.25) is 9.59 Å². The van der Waals surface area contributed by atoms with Crippen LogP contribution >= 0.6 is 11.3 Å². The molecule has 1 aliphatic heterocycles. The van der Waals surface area contributed by atoms with E-state index in [0.29, 0.717) is 36.6 Å². The Balaban J connectivity index is 2.03. The minimum absolute atomic E-state index is 0.0283. The first kappa shape index (κ1) is 14.8. The van der Waals surface area contributed by atoms with Gasteiger partial charge in [-0.25, -0.2) is 0 Å². The minimum atomic E-state index is 0.0283. The molecule has 0 radical (unpaired) electrons. The summed E-state index contributed by atoms with van der Waals surface area (Å²) in [4.78, 5) is 29.5. The van der Waals surface area contributed by atoms with E-state index in [1.54, 1.807) is 6.07 Å². The molecular formula is C14H21N3O2S. The number of anilines is 1. The molecule has 2 rings (SSSR count). The monoisotopic (exact) mass is 295 g/mol. The summed E-state index contributed by atoms with van der Waals surface area (Å²) in [6.45, 7) is 6.44. The van der Waals surface area contributed by atoms with Gasteiger partial charge in [0.1, 0.15) is 0 Å². The van der Waals surface area contributed by atoms with Crippen molar-refractivity contribution in [2.75, 3.05) is 31.9 Å². The van der Waals surface area contributed by atoms with Crippen LogP contribution in [0.5, 0.6) is 0 Å². The Morgan fingerprint density at radius 3 is 2.50 bits per heavy atom. The summed E-state index contributed by atoms with van der Waals surface area (Å²) in [6, 6.07) is 1.75. The van der Waals surface area contributed by atoms with Gasteiger partial charge >= 0.3 is 0 Å². The van der Waals surface area contributed by atoms with E-state index in [1.165, 1.54) is 11.3 Å². The number of nitrogens with zero attached hydrogens (tertiary/aromatic N) is 2. The second kappa shape index (κ2) is 6.26. The summed E-state index contributed by atoms with van der Waals surface area (Å²) in [6.07, 6.45) is 1.35. The van der Waals surface area contributed by atoms with Crippen LogP contribution in [0.1, 0.15) is 34.3 Å². The predicted octanol–water partition coefficient (Wildman–Crippen LogP) is 1.72. The molecule has 0 atom stereocenters. The molecule has 0 saturated carbocycles. The molecule has 5 nitrogen and oxygen atoms in total. The summed E-state index contributed by atoms with van der Waals surface area (Å²) in [5.41, 5.74) is 6.48. The molecule has 110 valence electrons. The van der Waals surface area contributed by atoms with Crippen LogP contribution in [0, 0.1) is 6.92 Å². The van der Waals surface area contributed by atoms with Crippen molar-refractivity contribution in [3.05, 3.63) is 15.8 Å². The fourth-order valence-corrected chi connectivity index (χ4v) is 3.26. The van der Waals surface area contributed by atoms with Gasteiger partial charge in [-0.1, -0.05) is 6.92 Å². The van der Waals surface area contributed by atoms with Crippen molar-refractivity contribution in [2.24, 2.45) is 0 Å². The number of rotatable bonds is 2. The number of nitrogens with two attached hydrogens (primary N) is 1. The second-order valence-electron chi connectivity index (χ2n) is 5.00. The van der Waals surface area contributed by atoms with E-state index >= 15 is 0 Å². The van der Waals surface area contributed by atoms with E-state index in [9.17, 15) is 9.59 Å². The zero-order valence-electron chi connectivity index (χ0n) is 12.0. The van der Waals surface area contributed by atoms with Crippen molar-refractivity contribution in [1.82, 2.24) is 9.80 Å². The highest BCUT2D eigenvalue weighted by atomic mass is 32.1. The Morgan fingerprint density at radius 1 is 1.25 bits per heavy atom. The molecule has 1 aromatic rings. The van der Waals surface area contributed by atoms with Crippen molar-refractivity contribution in [3.8, 4) is 0 Å². The number of hydrogen-bond acceptors (Lipinski definition) is 4. The van der Waals surface area contributed by atoms with E-state index in [1.807, 2.05) is 23.6 Å². The van der Waals surface area contributed by atoms with E-state index in [0.717, 1.165) is 17.8 Å². The number of thiophene rings is 1. The highest BCUT2D eigenvalue weighted by molar-refractivity contribution is 7.14. The fourth-order valence-electron chi connectivity index (χ4n) is 2.35. The van der Waals surface area contributed by atoms with Crippen LogP contribution in [0.4, 0.5) is 5.69 Å². The van der Waals surface area contributed by atoms with Gasteiger partial charge in [0.05, 0.1) is 4.88 Å². The van der Waals surface area contributed by atoms with E-state index in [-0.39, 0.29) is 11.8 Å². The van der Waals surface area contributed by atoms with Crippen molar-refractivity contribution in [3.63, 3.8) is 0 Å². The van der Waals surface area contributed by atoms with Gasteiger partial charge in [0, 0.05) is 43.2 Å². The Kier molecular flexibility index (Phi) is 4.65. The van der Waals surface area contributed by atoms with Crippen molar-refractivity contribution in [1.29, 1.82) is 0 Å². The van der Waals surface area contributed by atoms with Gasteiger partial charge in [0.25, 0.3) is 5.91 Å². The molecule has 0 bridgehead atoms. The first-order chi connectivity index (χ1) is 9.52. The van der Waals surface area contributed by atoms with Crippen LogP contribution < -0.4 is 5.73 Å². The molecule has 1 aromatic heterocycles. The molecule has 2 heterocycles. The molecule has 0 aromatic carbocycles. The van der Waals surface area contributed by atoms with Gasteiger partial charge in [0.2, 0.25) is 5.91 Å². The lowest BCUT2D eigenvalue weighted by Crippen LogP contribution is -2.36. The summed E-state index contributed by atoms with van der Waals surface area (Å²) in [7, 11) is 0. The molecule has 0 aliphatic carbocycles. The maximum Gasteiger partial charge on any atom is 0.264 e. The van der Waals surface area contributed by atoms with Crippen LogP contribution in [0.2, 0.25) is 0 Å². The van der Waals surface area contributed by atoms with Gasteiger partial charge in [-0.15, -0.1) is 11.3 Å². The minimum Gasteiger partial charge on any atom is -0.398 e. The van der Waals surface area contributed by atoms with Gasteiger partial charge in [0.15, 0.2) is 0 Å². The number of amides is 2. The van der Waals surface area contributed by atoms with Gasteiger partial charge < -0.3 is 15.5 Å². The highest BCUT2D eigenvalue weighted by Crippen LogP contribution is 2.25. The molecule has 1 fully saturated rings. The normalized spacial score (nSPS) is 16.1. The number of carbonyl (C=O) groups excluding carboxylic acids is 2. The first-order valence-electron chi connectivity index (χ1n) is 6.96. The topological polar surface area (TPSA) is 66.6 Å². The highest BCUT2D eigenvalue weighted by Gasteiger charge is 2.23. The Bertz CT molecular complexity index is 493. The summed E-state index contributed by atoms with van der Waals surface area (Å²) >= 11 is 1.44. The quantitative estimate of drug-likeness (QED) is 0.903. The average molecular weight is 295 g/mol. The lowest BCUT2D eigenvalue weighted by molar-refractivity contribution is -0.130. The van der Waals surface area contributed by atoms with Gasteiger partial charge in [-0.2, -0.15) is 0 Å². The average Bonchev–Trinajstić information content (AvgIpc) is 2.67. The molecule has 2 amide bonds. The summed E-state index contributed by atoms with van der Waals surface area (Å²) in [5, 5.41) is 0. The Labute approximate surface area is 123 Å². The number of nitrogen functional groups attached to an aromatic ring is 1. The van der Waals surface area contributed by atoms with Crippen LogP contribution in [0.25, 0.3) is 0 Å². The Morgan fingerprint density at radius 2 is 1.90 bits per heavy atom. The van der Waals surface area contributed by atoms with Gasteiger partial charge in [-0.05, 0) is 19.4 Å². The smallest absolute Gasteiger partial charge is 0.264 e. The standard InChI is InChI=1S/C14H21N3O2S/c1-3-13(18)16-5-4-6-17(8-7-16)14(19)12-9-11(15)10(2)20-12/h9H,3-8,15H2,1-2H3. The van der Waals surface area contributed by atoms with Crippen molar-refractivity contribution in [2.45, 2.75) is 26.7 Å². The molecule has 2 N–H and O–H groups in total. The Hall–Kier alpha value is -1.56. The predicted molar refractivity (Wildman–Crippen MR) is 80.9 cm³/mol. The maximum atomic E-state index is 12.4. The second-order valence-corrected chi connectivity index (χ2v) is 6.26. The largest absolute Gasteiger partial charge is 0.398 e. The number of carbonyl (C=O) groups is 2. The van der Waals surface area contributed by atoms with E-state index in [2.05, 4.69) is 0 Å². The molecule has 0 unspecified atom stereocenters. The maximum absolute atomic E-state index is 12.4. The fraction of sp³-hybridized carbons (Fsp3) is 0.571. The lowest BCUT2D eigenvalue weighted by atomic mass is 10.3. The molecule has 1 aliphatic rings. The van der Waals surface area contributed by atoms with E-state index in [4.69, 9.17) is 5.73 Å². The van der Waals surface area contributed by atoms with Crippen LogP contribution in [-0.2, 0) is 4.79 Å². The molecule has 1 saturated heterocycles. The van der Waals surface area contributed by atoms with Crippen molar-refractivity contribution >= 4 is 28.8 Å². The van der Waals surface area contributed by atoms with Crippen molar-refractivity contribution < 1.29 is 9.59 Å². The molecule has 6 heteroatoms. The molecular weight excluding hydrogens is 274 g/mol. The van der Waals surface area contributed by atoms with Crippen LogP contribution in [0.3, 0.4) is 0 Å². The number of hydrogen-bond donors (Lipinski definition) is 1. The third-order valence-corrected chi connectivity index (χ3v) is 4.66. The summed E-state index contributed by atoms with van der Waals surface area (Å²) < 4.78 is 0. The zero-order chi connectivity index (χ0) is 14.7. The van der Waals surface area contributed by atoms with E-state index < -0.39 is 0 Å². The third kappa shape index (κ3) is 3.12. The first-order valence-corrected chi connectivity index (χ1v) is 7.77. The summed E-state index contributed by atoms with van der Waals surface area (Å²) in [5.74, 6) is 0.191. The van der Waals surface area contributed by atoms with Crippen LogP contribution in [0.15, 0.2) is 6.07 Å². The molecule has 0 spiro atoms. The third-order valence-electron chi connectivity index (χ3n) is 3.61.